The first-order valence-electron chi connectivity index (χ1n) is 6.52. The molecule has 5 heteroatoms. The third-order valence-electron chi connectivity index (χ3n) is 3.54. The lowest BCUT2D eigenvalue weighted by Crippen LogP contribution is -2.46. The van der Waals surface area contributed by atoms with E-state index >= 15 is 0 Å². The van der Waals surface area contributed by atoms with Gasteiger partial charge in [-0.05, 0) is 37.5 Å². The first-order valence-corrected chi connectivity index (χ1v) is 6.52. The van der Waals surface area contributed by atoms with Crippen LogP contribution in [0.5, 0.6) is 5.75 Å². The van der Waals surface area contributed by atoms with E-state index in [-0.39, 0.29) is 17.7 Å². The lowest BCUT2D eigenvalue weighted by Gasteiger charge is -2.37. The molecule has 0 spiro atoms. The average Bonchev–Trinajstić information content (AvgIpc) is 2.36. The van der Waals surface area contributed by atoms with Crippen LogP contribution in [-0.4, -0.2) is 37.0 Å². The summed E-state index contributed by atoms with van der Waals surface area (Å²) in [6, 6.07) is 4.46. The fourth-order valence-corrected chi connectivity index (χ4v) is 2.25. The number of rotatable bonds is 5. The molecule has 0 heterocycles. The molecule has 0 atom stereocenters. The van der Waals surface area contributed by atoms with Crippen LogP contribution in [0.25, 0.3) is 0 Å². The summed E-state index contributed by atoms with van der Waals surface area (Å²) in [6.07, 6.45) is 3.18. The van der Waals surface area contributed by atoms with Gasteiger partial charge in [0.25, 0.3) is 5.91 Å². The lowest BCUT2D eigenvalue weighted by atomic mass is 9.91. The van der Waals surface area contributed by atoms with Crippen molar-refractivity contribution in [2.45, 2.75) is 25.3 Å². The van der Waals surface area contributed by atoms with Gasteiger partial charge in [0, 0.05) is 24.7 Å². The van der Waals surface area contributed by atoms with E-state index in [1.165, 1.54) is 25.3 Å². The number of nitrogens with two attached hydrogens (primary N) is 1. The van der Waals surface area contributed by atoms with Crippen molar-refractivity contribution in [2.24, 2.45) is 5.73 Å². The Balaban J connectivity index is 2.20. The van der Waals surface area contributed by atoms with Crippen LogP contribution >= 0.6 is 0 Å². The van der Waals surface area contributed by atoms with Gasteiger partial charge in [-0.3, -0.25) is 4.79 Å². The van der Waals surface area contributed by atoms with Crippen LogP contribution in [0.4, 0.5) is 4.39 Å². The van der Waals surface area contributed by atoms with E-state index in [4.69, 9.17) is 10.5 Å². The van der Waals surface area contributed by atoms with Crippen molar-refractivity contribution in [3.63, 3.8) is 0 Å². The minimum Gasteiger partial charge on any atom is -0.494 e. The zero-order chi connectivity index (χ0) is 13.8. The van der Waals surface area contributed by atoms with Gasteiger partial charge >= 0.3 is 0 Å². The van der Waals surface area contributed by atoms with Crippen molar-refractivity contribution in [3.05, 3.63) is 29.6 Å². The standard InChI is InChI=1S/C14H19FN2O2/c1-19-13-9-10(5-6-12(13)15)14(18)17(8-7-16)11-3-2-4-11/h5-6,9,11H,2-4,7-8,16H2,1H3. The zero-order valence-electron chi connectivity index (χ0n) is 11.1. The number of ether oxygens (including phenoxy) is 1. The molecule has 0 unspecified atom stereocenters. The monoisotopic (exact) mass is 266 g/mol. The van der Waals surface area contributed by atoms with Crippen molar-refractivity contribution in [3.8, 4) is 5.75 Å². The van der Waals surface area contributed by atoms with Crippen LogP contribution in [0.3, 0.4) is 0 Å². The molecule has 1 fully saturated rings. The second-order valence-electron chi connectivity index (χ2n) is 4.72. The first-order chi connectivity index (χ1) is 9.17. The Morgan fingerprint density at radius 2 is 2.26 bits per heavy atom. The SMILES string of the molecule is COc1cc(C(=O)N(CCN)C2CCC2)ccc1F. The van der Waals surface area contributed by atoms with Crippen LogP contribution in [0.1, 0.15) is 29.6 Å². The minimum absolute atomic E-state index is 0.0900. The van der Waals surface area contributed by atoms with Crippen molar-refractivity contribution >= 4 is 5.91 Å². The minimum atomic E-state index is -0.465. The van der Waals surface area contributed by atoms with E-state index in [0.29, 0.717) is 18.7 Å². The molecular formula is C14H19FN2O2. The highest BCUT2D eigenvalue weighted by Crippen LogP contribution is 2.27. The van der Waals surface area contributed by atoms with Gasteiger partial charge in [-0.25, -0.2) is 4.39 Å². The normalized spacial score (nSPS) is 14.9. The molecule has 19 heavy (non-hydrogen) atoms. The van der Waals surface area contributed by atoms with Gasteiger partial charge in [-0.2, -0.15) is 0 Å². The highest BCUT2D eigenvalue weighted by atomic mass is 19.1. The molecule has 0 aliphatic heterocycles. The zero-order valence-corrected chi connectivity index (χ0v) is 11.1. The average molecular weight is 266 g/mol. The molecule has 1 saturated carbocycles. The van der Waals surface area contributed by atoms with Gasteiger partial charge in [0.2, 0.25) is 0 Å². The second-order valence-corrected chi connectivity index (χ2v) is 4.72. The van der Waals surface area contributed by atoms with E-state index in [9.17, 15) is 9.18 Å². The summed E-state index contributed by atoms with van der Waals surface area (Å²) >= 11 is 0. The molecule has 1 amide bonds. The molecule has 1 aromatic carbocycles. The number of hydrogen-bond donors (Lipinski definition) is 1. The van der Waals surface area contributed by atoms with E-state index in [1.807, 2.05) is 0 Å². The maximum absolute atomic E-state index is 13.3. The van der Waals surface area contributed by atoms with Gasteiger partial charge < -0.3 is 15.4 Å². The number of halogens is 1. The molecule has 1 aliphatic carbocycles. The first kappa shape index (κ1) is 13.8. The van der Waals surface area contributed by atoms with Crippen molar-refractivity contribution in [1.29, 1.82) is 0 Å². The Labute approximate surface area is 112 Å². The van der Waals surface area contributed by atoms with Gasteiger partial charge in [0.05, 0.1) is 7.11 Å². The Hall–Kier alpha value is -1.62. The van der Waals surface area contributed by atoms with Crippen LogP contribution in [0.15, 0.2) is 18.2 Å². The summed E-state index contributed by atoms with van der Waals surface area (Å²) in [7, 11) is 1.39. The molecule has 104 valence electrons. The van der Waals surface area contributed by atoms with Gasteiger partial charge in [0.15, 0.2) is 11.6 Å². The summed E-state index contributed by atoms with van der Waals surface area (Å²) in [6.45, 7) is 0.962. The largest absolute Gasteiger partial charge is 0.494 e. The summed E-state index contributed by atoms with van der Waals surface area (Å²) in [5, 5.41) is 0. The number of benzene rings is 1. The van der Waals surface area contributed by atoms with Crippen LogP contribution < -0.4 is 10.5 Å². The van der Waals surface area contributed by atoms with Crippen molar-refractivity contribution < 1.29 is 13.9 Å². The van der Waals surface area contributed by atoms with E-state index in [2.05, 4.69) is 0 Å². The molecule has 4 nitrogen and oxygen atoms in total. The molecule has 2 N–H and O–H groups in total. The Kier molecular flexibility index (Phi) is 4.37. The second kappa shape index (κ2) is 6.02. The third kappa shape index (κ3) is 2.87. The van der Waals surface area contributed by atoms with Gasteiger partial charge in [-0.1, -0.05) is 0 Å². The maximum atomic E-state index is 13.3. The number of carbonyl (C=O) groups excluding carboxylic acids is 1. The quantitative estimate of drug-likeness (QED) is 0.884. The summed E-state index contributed by atoms with van der Waals surface area (Å²) in [4.78, 5) is 14.2. The Bertz CT molecular complexity index is 461. The maximum Gasteiger partial charge on any atom is 0.254 e. The van der Waals surface area contributed by atoms with Crippen LogP contribution in [-0.2, 0) is 0 Å². The molecule has 2 rings (SSSR count). The molecule has 0 saturated heterocycles. The molecule has 1 aliphatic rings. The smallest absolute Gasteiger partial charge is 0.254 e. The highest BCUT2D eigenvalue weighted by Gasteiger charge is 2.29. The molecule has 1 aromatic rings. The third-order valence-corrected chi connectivity index (χ3v) is 3.54. The molecular weight excluding hydrogens is 247 g/mol. The Morgan fingerprint density at radius 1 is 1.53 bits per heavy atom. The molecule has 0 aromatic heterocycles. The van der Waals surface area contributed by atoms with Crippen LogP contribution in [0.2, 0.25) is 0 Å². The predicted molar refractivity (Wildman–Crippen MR) is 70.7 cm³/mol. The van der Waals surface area contributed by atoms with Crippen LogP contribution in [0, 0.1) is 5.82 Å². The predicted octanol–water partition coefficient (Wildman–Crippen LogP) is 1.79. The van der Waals surface area contributed by atoms with Gasteiger partial charge in [0.1, 0.15) is 0 Å². The fraction of sp³-hybridized carbons (Fsp3) is 0.500. The number of hydrogen-bond acceptors (Lipinski definition) is 3. The summed E-state index contributed by atoms with van der Waals surface area (Å²) < 4.78 is 18.3. The fourth-order valence-electron chi connectivity index (χ4n) is 2.25. The Morgan fingerprint density at radius 3 is 2.79 bits per heavy atom. The molecule has 0 radical (unpaired) electrons. The number of carbonyl (C=O) groups is 1. The lowest BCUT2D eigenvalue weighted by molar-refractivity contribution is 0.0588. The van der Waals surface area contributed by atoms with E-state index < -0.39 is 5.82 Å². The number of nitrogens with zero attached hydrogens (tertiary/aromatic N) is 1. The molecule has 0 bridgehead atoms. The number of methoxy groups -OCH3 is 1. The van der Waals surface area contributed by atoms with E-state index in [0.717, 1.165) is 19.3 Å². The van der Waals surface area contributed by atoms with Crippen molar-refractivity contribution in [2.75, 3.05) is 20.2 Å². The highest BCUT2D eigenvalue weighted by molar-refractivity contribution is 5.95. The topological polar surface area (TPSA) is 55.6 Å². The van der Waals surface area contributed by atoms with Crippen molar-refractivity contribution in [1.82, 2.24) is 4.90 Å². The number of amides is 1. The van der Waals surface area contributed by atoms with E-state index in [1.54, 1.807) is 4.90 Å². The summed E-state index contributed by atoms with van der Waals surface area (Å²) in [5.41, 5.74) is 6.01. The van der Waals surface area contributed by atoms with Gasteiger partial charge in [-0.15, -0.1) is 0 Å². The summed E-state index contributed by atoms with van der Waals surface area (Å²) in [5.74, 6) is -0.478.